The Balaban J connectivity index is 1.81. The van der Waals surface area contributed by atoms with E-state index in [9.17, 15) is 22.4 Å². The van der Waals surface area contributed by atoms with E-state index in [1.165, 1.54) is 7.11 Å². The number of nitrogens with one attached hydrogen (secondary N) is 1. The van der Waals surface area contributed by atoms with Gasteiger partial charge in [-0.1, -0.05) is 22.9 Å². The number of benzene rings is 2. The van der Waals surface area contributed by atoms with Crippen LogP contribution in [0, 0.1) is 12.7 Å². The molecular formula is C20H18F4N4O2. The Bertz CT molecular complexity index is 1050. The van der Waals surface area contributed by atoms with Crippen molar-refractivity contribution in [3.8, 4) is 11.4 Å². The van der Waals surface area contributed by atoms with Gasteiger partial charge in [0.15, 0.2) is 11.4 Å². The van der Waals surface area contributed by atoms with Gasteiger partial charge in [0.1, 0.15) is 11.6 Å². The Morgan fingerprint density at radius 1 is 1.17 bits per heavy atom. The van der Waals surface area contributed by atoms with Gasteiger partial charge in [-0.3, -0.25) is 4.79 Å². The zero-order valence-electron chi connectivity index (χ0n) is 16.1. The van der Waals surface area contributed by atoms with Crippen LogP contribution in [-0.2, 0) is 12.6 Å². The fourth-order valence-corrected chi connectivity index (χ4v) is 2.95. The number of amides is 1. The molecule has 2 aromatic carbocycles. The first-order valence-corrected chi connectivity index (χ1v) is 8.91. The van der Waals surface area contributed by atoms with Crippen molar-refractivity contribution in [1.29, 1.82) is 0 Å². The highest BCUT2D eigenvalue weighted by atomic mass is 19.4. The minimum absolute atomic E-state index is 0.0688. The van der Waals surface area contributed by atoms with Crippen molar-refractivity contribution in [2.24, 2.45) is 0 Å². The van der Waals surface area contributed by atoms with Crippen molar-refractivity contribution in [3.05, 3.63) is 70.8 Å². The lowest BCUT2D eigenvalue weighted by molar-refractivity contribution is -0.143. The number of alkyl halides is 3. The average Bonchev–Trinajstić information content (AvgIpc) is 3.14. The molecule has 1 aromatic heterocycles. The number of nitrogens with zero attached hydrogens (tertiary/aromatic N) is 3. The van der Waals surface area contributed by atoms with Crippen molar-refractivity contribution in [3.63, 3.8) is 0 Å². The predicted molar refractivity (Wildman–Crippen MR) is 100 cm³/mol. The second-order valence-electron chi connectivity index (χ2n) is 6.49. The predicted octanol–water partition coefficient (Wildman–Crippen LogP) is 3.71. The van der Waals surface area contributed by atoms with Crippen LogP contribution < -0.4 is 10.1 Å². The summed E-state index contributed by atoms with van der Waals surface area (Å²) in [4.78, 5) is 12.4. The molecule has 0 bridgehead atoms. The summed E-state index contributed by atoms with van der Waals surface area (Å²) in [6, 6.07) is 9.73. The van der Waals surface area contributed by atoms with Crippen LogP contribution in [0.3, 0.4) is 0 Å². The average molecular weight is 422 g/mol. The molecule has 3 rings (SSSR count). The lowest BCUT2D eigenvalue weighted by Gasteiger charge is -2.12. The standard InChI is InChI=1S/C20H18F4N4O2/c1-12-3-8-16(30-2)13(11-12)9-10-25-19(29)17-18(20(22,23)24)28(27-26-17)15-6-4-14(21)5-7-15/h3-8,11H,9-10H2,1-2H3,(H,25,29). The van der Waals surface area contributed by atoms with Crippen LogP contribution >= 0.6 is 0 Å². The third kappa shape index (κ3) is 4.58. The maximum absolute atomic E-state index is 13.6. The summed E-state index contributed by atoms with van der Waals surface area (Å²) in [5.74, 6) is -1.01. The molecule has 0 fully saturated rings. The first-order chi connectivity index (χ1) is 14.2. The summed E-state index contributed by atoms with van der Waals surface area (Å²) in [5, 5.41) is 9.30. The highest BCUT2D eigenvalue weighted by molar-refractivity contribution is 5.93. The van der Waals surface area contributed by atoms with Gasteiger partial charge in [-0.25, -0.2) is 9.07 Å². The van der Waals surface area contributed by atoms with Crippen LogP contribution in [0.25, 0.3) is 5.69 Å². The smallest absolute Gasteiger partial charge is 0.435 e. The number of halogens is 4. The summed E-state index contributed by atoms with van der Waals surface area (Å²) >= 11 is 0. The number of aryl methyl sites for hydroxylation is 1. The van der Waals surface area contributed by atoms with E-state index in [1.54, 1.807) is 6.07 Å². The summed E-state index contributed by atoms with van der Waals surface area (Å²) in [5.41, 5.74) is -0.468. The molecule has 0 atom stereocenters. The van der Waals surface area contributed by atoms with Crippen LogP contribution in [0.1, 0.15) is 27.3 Å². The summed E-state index contributed by atoms with van der Waals surface area (Å²) in [7, 11) is 1.51. The van der Waals surface area contributed by atoms with Gasteiger partial charge in [-0.2, -0.15) is 13.2 Å². The molecule has 1 heterocycles. The minimum atomic E-state index is -4.90. The van der Waals surface area contributed by atoms with Crippen molar-refractivity contribution in [2.75, 3.05) is 13.7 Å². The van der Waals surface area contributed by atoms with E-state index >= 15 is 0 Å². The fraction of sp³-hybridized carbons (Fsp3) is 0.250. The van der Waals surface area contributed by atoms with E-state index in [1.807, 2.05) is 19.1 Å². The molecule has 1 N–H and O–H groups in total. The topological polar surface area (TPSA) is 69.0 Å². The maximum atomic E-state index is 13.6. The van der Waals surface area contributed by atoms with E-state index < -0.39 is 29.3 Å². The summed E-state index contributed by atoms with van der Waals surface area (Å²) in [6.07, 6.45) is -4.55. The van der Waals surface area contributed by atoms with Gasteiger partial charge in [-0.05, 0) is 49.2 Å². The number of hydrogen-bond donors (Lipinski definition) is 1. The molecule has 0 saturated heterocycles. The van der Waals surface area contributed by atoms with Crippen molar-refractivity contribution in [2.45, 2.75) is 19.5 Å². The van der Waals surface area contributed by atoms with Gasteiger partial charge < -0.3 is 10.1 Å². The van der Waals surface area contributed by atoms with Crippen molar-refractivity contribution >= 4 is 5.91 Å². The Hall–Kier alpha value is -3.43. The van der Waals surface area contributed by atoms with Crippen LogP contribution in [0.5, 0.6) is 5.75 Å². The second kappa shape index (κ2) is 8.52. The van der Waals surface area contributed by atoms with Gasteiger partial charge in [0.25, 0.3) is 5.91 Å². The molecule has 0 aliphatic rings. The number of hydrogen-bond acceptors (Lipinski definition) is 4. The van der Waals surface area contributed by atoms with Gasteiger partial charge in [0.2, 0.25) is 0 Å². The molecule has 30 heavy (non-hydrogen) atoms. The van der Waals surface area contributed by atoms with Gasteiger partial charge in [0.05, 0.1) is 12.8 Å². The number of ether oxygens (including phenoxy) is 1. The molecule has 10 heteroatoms. The van der Waals surface area contributed by atoms with Crippen LogP contribution in [0.4, 0.5) is 17.6 Å². The highest BCUT2D eigenvalue weighted by Gasteiger charge is 2.42. The molecular weight excluding hydrogens is 404 g/mol. The largest absolute Gasteiger partial charge is 0.496 e. The van der Waals surface area contributed by atoms with Crippen LogP contribution in [0.15, 0.2) is 42.5 Å². The van der Waals surface area contributed by atoms with Gasteiger partial charge >= 0.3 is 6.18 Å². The number of aromatic nitrogens is 3. The highest BCUT2D eigenvalue weighted by Crippen LogP contribution is 2.32. The molecule has 0 aliphatic heterocycles. The molecule has 0 aliphatic carbocycles. The van der Waals surface area contributed by atoms with Crippen molar-refractivity contribution < 1.29 is 27.1 Å². The quantitative estimate of drug-likeness (QED) is 0.615. The number of rotatable bonds is 6. The van der Waals surface area contributed by atoms with Gasteiger partial charge in [0, 0.05) is 6.54 Å². The lowest BCUT2D eigenvalue weighted by atomic mass is 10.1. The zero-order valence-corrected chi connectivity index (χ0v) is 16.1. The van der Waals surface area contributed by atoms with Gasteiger partial charge in [-0.15, -0.1) is 5.10 Å². The minimum Gasteiger partial charge on any atom is -0.496 e. The van der Waals surface area contributed by atoms with Crippen LogP contribution in [-0.4, -0.2) is 34.6 Å². The molecule has 0 radical (unpaired) electrons. The first-order valence-electron chi connectivity index (χ1n) is 8.91. The molecule has 0 spiro atoms. The third-order valence-corrected chi connectivity index (χ3v) is 4.34. The maximum Gasteiger partial charge on any atom is 0.435 e. The number of carbonyl (C=O) groups is 1. The summed E-state index contributed by atoms with van der Waals surface area (Å²) in [6.45, 7) is 1.96. The SMILES string of the molecule is COc1ccc(C)cc1CCNC(=O)c1nnn(-c2ccc(F)cc2)c1C(F)(F)F. The molecule has 158 valence electrons. The number of carbonyl (C=O) groups excluding carboxylic acids is 1. The normalized spacial score (nSPS) is 11.4. The van der Waals surface area contributed by atoms with E-state index in [0.717, 1.165) is 35.4 Å². The Morgan fingerprint density at radius 3 is 2.50 bits per heavy atom. The van der Waals surface area contributed by atoms with E-state index in [4.69, 9.17) is 4.74 Å². The monoisotopic (exact) mass is 422 g/mol. The zero-order chi connectivity index (χ0) is 21.9. The molecule has 3 aromatic rings. The van der Waals surface area contributed by atoms with E-state index in [2.05, 4.69) is 15.6 Å². The number of methoxy groups -OCH3 is 1. The summed E-state index contributed by atoms with van der Waals surface area (Å²) < 4.78 is 59.7. The van der Waals surface area contributed by atoms with Crippen molar-refractivity contribution in [1.82, 2.24) is 20.3 Å². The third-order valence-electron chi connectivity index (χ3n) is 4.34. The van der Waals surface area contributed by atoms with E-state index in [-0.39, 0.29) is 12.2 Å². The molecule has 6 nitrogen and oxygen atoms in total. The Labute approximate surface area is 169 Å². The molecule has 0 unspecified atom stereocenters. The lowest BCUT2D eigenvalue weighted by Crippen LogP contribution is -2.29. The Morgan fingerprint density at radius 2 is 1.87 bits per heavy atom. The molecule has 1 amide bonds. The second-order valence-corrected chi connectivity index (χ2v) is 6.49. The van der Waals surface area contributed by atoms with Crippen LogP contribution in [0.2, 0.25) is 0 Å². The molecule has 0 saturated carbocycles. The fourth-order valence-electron chi connectivity index (χ4n) is 2.95. The van der Waals surface area contributed by atoms with E-state index in [0.29, 0.717) is 16.9 Å². The Kier molecular flexibility index (Phi) is 6.04. The first kappa shape index (κ1) is 21.3.